The smallest absolute Gasteiger partial charge is 0.354 e. The van der Waals surface area contributed by atoms with Gasteiger partial charge < -0.3 is 29.4 Å². The van der Waals surface area contributed by atoms with Gasteiger partial charge in [-0.25, -0.2) is 4.79 Å². The molecule has 0 bridgehead atoms. The number of Topliss-reactive ketones (excluding diaryl/α,β-unsaturated/α-hetero) is 1. The van der Waals surface area contributed by atoms with E-state index >= 15 is 0 Å². The molecule has 1 fully saturated rings. The molecule has 1 aliphatic heterocycles. The van der Waals surface area contributed by atoms with Crippen LogP contribution in [0.15, 0.2) is 29.8 Å². The van der Waals surface area contributed by atoms with Crippen LogP contribution in [0.25, 0.3) is 5.76 Å². The maximum Gasteiger partial charge on any atom is 0.354 e. The largest absolute Gasteiger partial charge is 0.507 e. The van der Waals surface area contributed by atoms with Crippen molar-refractivity contribution >= 4 is 23.4 Å². The van der Waals surface area contributed by atoms with Crippen molar-refractivity contribution in [3.8, 4) is 5.75 Å². The number of ketones is 1. The van der Waals surface area contributed by atoms with Gasteiger partial charge in [-0.05, 0) is 63.2 Å². The molecule has 0 saturated carbocycles. The van der Waals surface area contributed by atoms with Gasteiger partial charge in [0.1, 0.15) is 17.2 Å². The third kappa shape index (κ3) is 5.02. The summed E-state index contributed by atoms with van der Waals surface area (Å²) in [5.74, 6) is -1.77. The average Bonchev–Trinajstić information content (AvgIpc) is 3.32. The van der Waals surface area contributed by atoms with Crippen LogP contribution in [0.2, 0.25) is 0 Å². The minimum absolute atomic E-state index is 0.0160. The maximum absolute atomic E-state index is 13.3. The number of H-pyrrole nitrogens is 1. The molecule has 0 aliphatic carbocycles. The minimum atomic E-state index is -0.799. The van der Waals surface area contributed by atoms with Crippen molar-refractivity contribution < 1.29 is 29.0 Å². The van der Waals surface area contributed by atoms with Crippen molar-refractivity contribution in [2.24, 2.45) is 0 Å². The second kappa shape index (κ2) is 11.4. The predicted octanol–water partition coefficient (Wildman–Crippen LogP) is 3.58. The number of carbonyl (C=O) groups is 3. The summed E-state index contributed by atoms with van der Waals surface area (Å²) in [6, 6.07) is 6.33. The van der Waals surface area contributed by atoms with E-state index in [0.717, 1.165) is 19.6 Å². The Morgan fingerprint density at radius 3 is 2.47 bits per heavy atom. The number of aromatic nitrogens is 1. The fourth-order valence-corrected chi connectivity index (χ4v) is 4.82. The molecular formula is C27H35N3O6. The number of likely N-dealkylation sites (tertiary alicyclic amines) is 1. The molecule has 1 aromatic heterocycles. The summed E-state index contributed by atoms with van der Waals surface area (Å²) in [5, 5.41) is 11.5. The quantitative estimate of drug-likeness (QED) is 0.223. The molecule has 2 heterocycles. The Labute approximate surface area is 211 Å². The fraction of sp³-hybridized carbons (Fsp3) is 0.444. The van der Waals surface area contributed by atoms with E-state index in [0.29, 0.717) is 41.1 Å². The van der Waals surface area contributed by atoms with E-state index in [1.165, 1.54) is 12.0 Å². The zero-order valence-electron chi connectivity index (χ0n) is 21.8. The average molecular weight is 498 g/mol. The van der Waals surface area contributed by atoms with Gasteiger partial charge in [0.05, 0.1) is 25.8 Å². The van der Waals surface area contributed by atoms with Crippen molar-refractivity contribution in [3.05, 3.63) is 57.9 Å². The van der Waals surface area contributed by atoms with Crippen LogP contribution in [-0.2, 0) is 14.3 Å². The van der Waals surface area contributed by atoms with E-state index in [1.807, 2.05) is 0 Å². The number of hydrogen-bond acceptors (Lipinski definition) is 7. The Bertz CT molecular complexity index is 1180. The number of carbonyl (C=O) groups excluding carboxylic acids is 3. The number of esters is 1. The van der Waals surface area contributed by atoms with Gasteiger partial charge in [0, 0.05) is 17.8 Å². The van der Waals surface area contributed by atoms with Crippen molar-refractivity contribution in [2.45, 2.75) is 40.2 Å². The van der Waals surface area contributed by atoms with Crippen LogP contribution in [0.3, 0.4) is 0 Å². The normalized spacial score (nSPS) is 17.2. The van der Waals surface area contributed by atoms with Gasteiger partial charge in [0.2, 0.25) is 0 Å². The molecule has 1 aliphatic rings. The second-order valence-electron chi connectivity index (χ2n) is 8.77. The number of aliphatic hydroxyl groups excluding tert-OH is 1. The fourth-order valence-electron chi connectivity index (χ4n) is 4.82. The van der Waals surface area contributed by atoms with Gasteiger partial charge in [-0.15, -0.1) is 0 Å². The van der Waals surface area contributed by atoms with Crippen LogP contribution in [-0.4, -0.2) is 77.9 Å². The third-order valence-corrected chi connectivity index (χ3v) is 6.78. The molecule has 1 atom stereocenters. The molecule has 1 aromatic carbocycles. The number of aromatic amines is 1. The first-order valence-corrected chi connectivity index (χ1v) is 12.1. The standard InChI is InChI=1S/C27H35N3O6/c1-7-29(8-2)13-10-14-30-23(18-11-9-12-19(15-18)35-5)21(25(32)26(30)33)24(31)20-16(3)22(27(34)36-6)28-17(20)4/h9,11-12,15,23,28,31H,7-8,10,13-14H2,1-6H3/b24-21+/t23-/m0/s1. The van der Waals surface area contributed by atoms with E-state index in [-0.39, 0.29) is 17.0 Å². The molecule has 9 heteroatoms. The summed E-state index contributed by atoms with van der Waals surface area (Å²) in [4.78, 5) is 45.5. The molecule has 0 spiro atoms. The zero-order valence-corrected chi connectivity index (χ0v) is 21.8. The van der Waals surface area contributed by atoms with Gasteiger partial charge in [-0.1, -0.05) is 26.0 Å². The molecule has 0 unspecified atom stereocenters. The van der Waals surface area contributed by atoms with Crippen molar-refractivity contribution in [1.82, 2.24) is 14.8 Å². The van der Waals surface area contributed by atoms with Crippen LogP contribution in [0.4, 0.5) is 0 Å². The van der Waals surface area contributed by atoms with Gasteiger partial charge in [-0.3, -0.25) is 9.59 Å². The zero-order chi connectivity index (χ0) is 26.6. The number of benzene rings is 1. The van der Waals surface area contributed by atoms with Crippen LogP contribution in [0, 0.1) is 13.8 Å². The first-order chi connectivity index (χ1) is 17.2. The van der Waals surface area contributed by atoms with Crippen molar-refractivity contribution in [1.29, 1.82) is 0 Å². The third-order valence-electron chi connectivity index (χ3n) is 6.78. The minimum Gasteiger partial charge on any atom is -0.507 e. The lowest BCUT2D eigenvalue weighted by Crippen LogP contribution is -2.33. The summed E-state index contributed by atoms with van der Waals surface area (Å²) in [6.45, 7) is 10.4. The Morgan fingerprint density at radius 1 is 1.17 bits per heavy atom. The number of amides is 1. The SMILES string of the molecule is CCN(CC)CCCN1C(=O)C(=O)/C(=C(/O)c2c(C)[nH]c(C(=O)OC)c2C)[C@@H]1c1cccc(OC)c1. The lowest BCUT2D eigenvalue weighted by atomic mass is 9.94. The predicted molar refractivity (Wildman–Crippen MR) is 136 cm³/mol. The number of nitrogens with one attached hydrogen (secondary N) is 1. The number of ether oxygens (including phenoxy) is 2. The lowest BCUT2D eigenvalue weighted by Gasteiger charge is -2.27. The van der Waals surface area contributed by atoms with Crippen LogP contribution in [0.1, 0.15) is 59.2 Å². The Balaban J connectivity index is 2.14. The summed E-state index contributed by atoms with van der Waals surface area (Å²) in [5.41, 5.74) is 2.05. The number of aliphatic hydroxyl groups is 1. The van der Waals surface area contributed by atoms with E-state index in [1.54, 1.807) is 45.2 Å². The lowest BCUT2D eigenvalue weighted by molar-refractivity contribution is -0.140. The molecule has 2 N–H and O–H groups in total. The van der Waals surface area contributed by atoms with Gasteiger partial charge in [0.25, 0.3) is 11.7 Å². The summed E-state index contributed by atoms with van der Waals surface area (Å²) in [7, 11) is 2.81. The van der Waals surface area contributed by atoms with E-state index in [4.69, 9.17) is 9.47 Å². The number of aryl methyl sites for hydroxylation is 1. The van der Waals surface area contributed by atoms with Crippen LogP contribution in [0.5, 0.6) is 5.75 Å². The topological polar surface area (TPSA) is 112 Å². The molecule has 2 aromatic rings. The molecular weight excluding hydrogens is 462 g/mol. The number of rotatable bonds is 10. The first kappa shape index (κ1) is 27.0. The molecule has 9 nitrogen and oxygen atoms in total. The summed E-state index contributed by atoms with van der Waals surface area (Å²) < 4.78 is 10.2. The van der Waals surface area contributed by atoms with Crippen LogP contribution >= 0.6 is 0 Å². The van der Waals surface area contributed by atoms with Crippen molar-refractivity contribution in [3.63, 3.8) is 0 Å². The summed E-state index contributed by atoms with van der Waals surface area (Å²) in [6.07, 6.45) is 0.671. The second-order valence-corrected chi connectivity index (χ2v) is 8.77. The monoisotopic (exact) mass is 497 g/mol. The molecule has 3 rings (SSSR count). The van der Waals surface area contributed by atoms with E-state index < -0.39 is 23.7 Å². The molecule has 1 amide bonds. The van der Waals surface area contributed by atoms with Gasteiger partial charge >= 0.3 is 5.97 Å². The first-order valence-electron chi connectivity index (χ1n) is 12.1. The Kier molecular flexibility index (Phi) is 8.57. The molecule has 194 valence electrons. The number of hydrogen-bond donors (Lipinski definition) is 2. The van der Waals surface area contributed by atoms with Gasteiger partial charge in [0.15, 0.2) is 0 Å². The Hall–Kier alpha value is -3.59. The van der Waals surface area contributed by atoms with E-state index in [9.17, 15) is 19.5 Å². The van der Waals surface area contributed by atoms with Crippen molar-refractivity contribution in [2.75, 3.05) is 40.4 Å². The van der Waals surface area contributed by atoms with Crippen LogP contribution < -0.4 is 4.74 Å². The highest BCUT2D eigenvalue weighted by Crippen LogP contribution is 2.41. The molecule has 1 saturated heterocycles. The highest BCUT2D eigenvalue weighted by Gasteiger charge is 2.46. The van der Waals surface area contributed by atoms with Gasteiger partial charge in [-0.2, -0.15) is 0 Å². The Morgan fingerprint density at radius 2 is 1.86 bits per heavy atom. The highest BCUT2D eigenvalue weighted by atomic mass is 16.5. The maximum atomic E-state index is 13.3. The number of methoxy groups -OCH3 is 2. The highest BCUT2D eigenvalue weighted by molar-refractivity contribution is 6.46. The van der Waals surface area contributed by atoms with E-state index in [2.05, 4.69) is 23.7 Å². The number of nitrogens with zero attached hydrogens (tertiary/aromatic N) is 2. The summed E-state index contributed by atoms with van der Waals surface area (Å²) >= 11 is 0. The molecule has 0 radical (unpaired) electrons. The molecule has 36 heavy (non-hydrogen) atoms.